The number of benzene rings is 3. The van der Waals surface area contributed by atoms with Gasteiger partial charge in [0.2, 0.25) is 0 Å². The molecule has 0 aliphatic heterocycles. The van der Waals surface area contributed by atoms with Gasteiger partial charge in [0.15, 0.2) is 0 Å². The molecule has 0 spiro atoms. The molecular weight excluding hydrogens is 424 g/mol. The second kappa shape index (κ2) is 10.8. The highest BCUT2D eigenvalue weighted by Crippen LogP contribution is 2.25. The minimum Gasteiger partial charge on any atom is -0.497 e. The van der Waals surface area contributed by atoms with Crippen molar-refractivity contribution in [2.45, 2.75) is 37.6 Å². The smallest absolute Gasteiger partial charge is 0.261 e. The van der Waals surface area contributed by atoms with Gasteiger partial charge in [-0.3, -0.25) is 9.52 Å². The van der Waals surface area contributed by atoms with Gasteiger partial charge in [-0.1, -0.05) is 55.8 Å². The Morgan fingerprint density at radius 2 is 1.66 bits per heavy atom. The number of unbranched alkanes of at least 4 members (excludes halogenated alkanes) is 1. The molecule has 0 bridgehead atoms. The molecule has 0 saturated carbocycles. The number of amides is 1. The van der Waals surface area contributed by atoms with Crippen LogP contribution < -0.4 is 14.8 Å². The van der Waals surface area contributed by atoms with Gasteiger partial charge in [-0.15, -0.1) is 0 Å². The monoisotopic (exact) mass is 452 g/mol. The van der Waals surface area contributed by atoms with Crippen LogP contribution in [0.25, 0.3) is 0 Å². The molecule has 3 rings (SSSR count). The summed E-state index contributed by atoms with van der Waals surface area (Å²) in [6.07, 6.45) is 3.04. The number of rotatable bonds is 10. The maximum Gasteiger partial charge on any atom is 0.261 e. The highest BCUT2D eigenvalue weighted by atomic mass is 32.2. The molecule has 0 aliphatic carbocycles. The summed E-state index contributed by atoms with van der Waals surface area (Å²) in [5.41, 5.74) is 2.40. The average molecular weight is 453 g/mol. The van der Waals surface area contributed by atoms with Crippen LogP contribution in [-0.4, -0.2) is 21.4 Å². The number of aryl methyl sites for hydroxylation is 1. The summed E-state index contributed by atoms with van der Waals surface area (Å²) in [4.78, 5) is 13.0. The van der Waals surface area contributed by atoms with Crippen LogP contribution in [0.5, 0.6) is 5.75 Å². The standard InChI is InChI=1S/C25H28N2O4S/c1-3-4-8-19-11-14-22(15-12-19)32(29,30)27-24-16-13-21(31-2)17-23(24)25(28)26-18-20-9-6-5-7-10-20/h5-7,9-17,27H,3-4,8,18H2,1-2H3,(H,26,28). The van der Waals surface area contributed by atoms with E-state index in [1.165, 1.54) is 19.2 Å². The molecule has 32 heavy (non-hydrogen) atoms. The van der Waals surface area contributed by atoms with Crippen LogP contribution in [0, 0.1) is 0 Å². The molecule has 0 unspecified atom stereocenters. The number of sulfonamides is 1. The van der Waals surface area contributed by atoms with Gasteiger partial charge in [-0.25, -0.2) is 8.42 Å². The Labute approximate surface area is 189 Å². The van der Waals surface area contributed by atoms with Crippen LogP contribution in [-0.2, 0) is 23.0 Å². The first-order valence-corrected chi connectivity index (χ1v) is 12.0. The van der Waals surface area contributed by atoms with Gasteiger partial charge >= 0.3 is 0 Å². The lowest BCUT2D eigenvalue weighted by molar-refractivity contribution is 0.0951. The predicted molar refractivity (Wildman–Crippen MR) is 126 cm³/mol. The van der Waals surface area contributed by atoms with E-state index in [2.05, 4.69) is 17.0 Å². The molecule has 1 amide bonds. The summed E-state index contributed by atoms with van der Waals surface area (Å²) in [5.74, 6) is 0.0541. The Morgan fingerprint density at radius 1 is 0.938 bits per heavy atom. The Hall–Kier alpha value is -3.32. The summed E-state index contributed by atoms with van der Waals surface area (Å²) in [5, 5.41) is 2.83. The second-order valence-corrected chi connectivity index (χ2v) is 9.12. The number of carbonyl (C=O) groups excluding carboxylic acids is 1. The van der Waals surface area contributed by atoms with Crippen molar-refractivity contribution in [2.24, 2.45) is 0 Å². The highest BCUT2D eigenvalue weighted by Gasteiger charge is 2.20. The zero-order valence-electron chi connectivity index (χ0n) is 18.3. The molecule has 0 aliphatic rings. The summed E-state index contributed by atoms with van der Waals surface area (Å²) in [7, 11) is -2.37. The summed E-state index contributed by atoms with van der Waals surface area (Å²) < 4.78 is 33.7. The van der Waals surface area contributed by atoms with Crippen molar-refractivity contribution in [3.05, 3.63) is 89.5 Å². The molecule has 6 nitrogen and oxygen atoms in total. The molecule has 2 N–H and O–H groups in total. The highest BCUT2D eigenvalue weighted by molar-refractivity contribution is 7.92. The van der Waals surface area contributed by atoms with Crippen LogP contribution in [0.3, 0.4) is 0 Å². The van der Waals surface area contributed by atoms with E-state index in [1.807, 2.05) is 42.5 Å². The largest absolute Gasteiger partial charge is 0.497 e. The third kappa shape index (κ3) is 6.11. The van der Waals surface area contributed by atoms with E-state index in [0.29, 0.717) is 12.3 Å². The van der Waals surface area contributed by atoms with Crippen molar-refractivity contribution >= 4 is 21.6 Å². The Morgan fingerprint density at radius 3 is 2.31 bits per heavy atom. The van der Waals surface area contributed by atoms with E-state index < -0.39 is 15.9 Å². The van der Waals surface area contributed by atoms with E-state index in [0.717, 1.165) is 30.4 Å². The zero-order valence-corrected chi connectivity index (χ0v) is 19.1. The third-order valence-electron chi connectivity index (χ3n) is 5.06. The maximum atomic E-state index is 13.0. The van der Waals surface area contributed by atoms with Gasteiger partial charge in [0.25, 0.3) is 15.9 Å². The van der Waals surface area contributed by atoms with E-state index in [1.54, 1.807) is 18.2 Å². The van der Waals surface area contributed by atoms with Gasteiger partial charge < -0.3 is 10.1 Å². The zero-order chi connectivity index (χ0) is 23.0. The van der Waals surface area contributed by atoms with Crippen molar-refractivity contribution in [2.75, 3.05) is 11.8 Å². The lowest BCUT2D eigenvalue weighted by Crippen LogP contribution is -2.25. The van der Waals surface area contributed by atoms with Crippen molar-refractivity contribution in [3.63, 3.8) is 0 Å². The van der Waals surface area contributed by atoms with E-state index in [-0.39, 0.29) is 16.1 Å². The number of anilines is 1. The molecule has 0 radical (unpaired) electrons. The molecule has 7 heteroatoms. The lowest BCUT2D eigenvalue weighted by Gasteiger charge is -2.14. The first-order chi connectivity index (χ1) is 15.4. The summed E-state index contributed by atoms with van der Waals surface area (Å²) in [6.45, 7) is 2.44. The quantitative estimate of drug-likeness (QED) is 0.464. The Balaban J connectivity index is 1.81. The van der Waals surface area contributed by atoms with Crippen LogP contribution >= 0.6 is 0 Å². The van der Waals surface area contributed by atoms with Gasteiger partial charge in [-0.05, 0) is 54.3 Å². The molecule has 0 aromatic heterocycles. The van der Waals surface area contributed by atoms with Gasteiger partial charge in [0.1, 0.15) is 5.75 Å². The fourth-order valence-electron chi connectivity index (χ4n) is 3.22. The van der Waals surface area contributed by atoms with Crippen molar-refractivity contribution in [1.82, 2.24) is 5.32 Å². The summed E-state index contributed by atoms with van der Waals surface area (Å²) in [6, 6.07) is 21.0. The molecule has 168 valence electrons. The fraction of sp³-hybridized carbons (Fsp3) is 0.240. The number of carbonyl (C=O) groups is 1. The molecule has 0 fully saturated rings. The van der Waals surface area contributed by atoms with Crippen molar-refractivity contribution < 1.29 is 17.9 Å². The molecule has 0 saturated heterocycles. The van der Waals surface area contributed by atoms with Crippen LogP contribution in [0.15, 0.2) is 77.7 Å². The number of hydrogen-bond acceptors (Lipinski definition) is 4. The lowest BCUT2D eigenvalue weighted by atomic mass is 10.1. The minimum atomic E-state index is -3.86. The first-order valence-electron chi connectivity index (χ1n) is 10.5. The SMILES string of the molecule is CCCCc1ccc(S(=O)(=O)Nc2ccc(OC)cc2C(=O)NCc2ccccc2)cc1. The second-order valence-electron chi connectivity index (χ2n) is 7.43. The van der Waals surface area contributed by atoms with E-state index in [4.69, 9.17) is 4.74 Å². The molecule has 3 aromatic rings. The Kier molecular flexibility index (Phi) is 7.89. The topological polar surface area (TPSA) is 84.5 Å². The van der Waals surface area contributed by atoms with Crippen LogP contribution in [0.2, 0.25) is 0 Å². The maximum absolute atomic E-state index is 13.0. The van der Waals surface area contributed by atoms with Gasteiger partial charge in [0.05, 0.1) is 23.3 Å². The normalized spacial score (nSPS) is 11.1. The average Bonchev–Trinajstić information content (AvgIpc) is 2.82. The number of ether oxygens (including phenoxy) is 1. The third-order valence-corrected chi connectivity index (χ3v) is 6.45. The number of methoxy groups -OCH3 is 1. The number of hydrogen-bond donors (Lipinski definition) is 2. The van der Waals surface area contributed by atoms with Crippen LogP contribution in [0.1, 0.15) is 41.3 Å². The Bertz CT molecular complexity index is 1140. The minimum absolute atomic E-state index is 0.143. The van der Waals surface area contributed by atoms with E-state index >= 15 is 0 Å². The summed E-state index contributed by atoms with van der Waals surface area (Å²) >= 11 is 0. The van der Waals surface area contributed by atoms with E-state index in [9.17, 15) is 13.2 Å². The van der Waals surface area contributed by atoms with Crippen molar-refractivity contribution in [3.8, 4) is 5.75 Å². The molecule has 0 heterocycles. The van der Waals surface area contributed by atoms with Gasteiger partial charge in [-0.2, -0.15) is 0 Å². The molecular formula is C25H28N2O4S. The molecule has 3 aromatic carbocycles. The molecule has 0 atom stereocenters. The van der Waals surface area contributed by atoms with Gasteiger partial charge in [0, 0.05) is 6.54 Å². The van der Waals surface area contributed by atoms with Crippen molar-refractivity contribution in [1.29, 1.82) is 0 Å². The number of nitrogens with one attached hydrogen (secondary N) is 2. The predicted octanol–water partition coefficient (Wildman–Crippen LogP) is 4.77. The first kappa shape index (κ1) is 23.3. The fourth-order valence-corrected chi connectivity index (χ4v) is 4.30. The van der Waals surface area contributed by atoms with Crippen LogP contribution in [0.4, 0.5) is 5.69 Å².